The summed E-state index contributed by atoms with van der Waals surface area (Å²) in [5.41, 5.74) is 14.4. The van der Waals surface area contributed by atoms with Crippen LogP contribution < -0.4 is 0 Å². The number of para-hydroxylation sites is 2. The number of hydrogen-bond acceptors (Lipinski definition) is 1. The second-order valence-electron chi connectivity index (χ2n) is 11.8. The lowest BCUT2D eigenvalue weighted by atomic mass is 9.65. The molecular weight excluding hydrogens is 508 g/mol. The monoisotopic (exact) mass is 542 g/mol. The van der Waals surface area contributed by atoms with Crippen LogP contribution in [0.3, 0.4) is 0 Å². The van der Waals surface area contributed by atoms with E-state index in [0.717, 1.165) is 48.2 Å². The quantitative estimate of drug-likeness (QED) is 0.251. The number of fused-ring (bicyclic) bond motifs is 3. The van der Waals surface area contributed by atoms with Crippen LogP contribution in [0.25, 0.3) is 27.9 Å². The van der Waals surface area contributed by atoms with E-state index in [4.69, 9.17) is 4.98 Å². The first-order valence-electron chi connectivity index (χ1n) is 15.3. The highest BCUT2D eigenvalue weighted by Crippen LogP contribution is 2.51. The van der Waals surface area contributed by atoms with Gasteiger partial charge in [-0.05, 0) is 90.3 Å². The first-order valence-corrected chi connectivity index (χ1v) is 15.3. The van der Waals surface area contributed by atoms with Gasteiger partial charge < -0.3 is 0 Å². The Balaban J connectivity index is 1.28. The molecule has 0 fully saturated rings. The van der Waals surface area contributed by atoms with Gasteiger partial charge in [0.1, 0.15) is 5.82 Å². The summed E-state index contributed by atoms with van der Waals surface area (Å²) in [4.78, 5) is 5.10. The highest BCUT2D eigenvalue weighted by molar-refractivity contribution is 5.89. The predicted molar refractivity (Wildman–Crippen MR) is 175 cm³/mol. The molecule has 0 aliphatic heterocycles. The molecular formula is C40H34N2. The number of benzene rings is 3. The molecule has 4 aliphatic rings. The fourth-order valence-corrected chi connectivity index (χ4v) is 7.32. The molecule has 0 N–H and O–H groups in total. The lowest BCUT2D eigenvalue weighted by Crippen LogP contribution is -2.24. The Morgan fingerprint density at radius 1 is 0.810 bits per heavy atom. The zero-order chi connectivity index (χ0) is 28.0. The average Bonchev–Trinajstić information content (AvgIpc) is 3.44. The van der Waals surface area contributed by atoms with Crippen molar-refractivity contribution < 1.29 is 0 Å². The number of imidazole rings is 1. The summed E-state index contributed by atoms with van der Waals surface area (Å²) in [6, 6.07) is 26.8. The summed E-state index contributed by atoms with van der Waals surface area (Å²) >= 11 is 0. The molecule has 204 valence electrons. The van der Waals surface area contributed by atoms with Gasteiger partial charge in [0.25, 0.3) is 0 Å². The molecule has 0 spiro atoms. The minimum Gasteiger partial charge on any atom is -0.293 e. The van der Waals surface area contributed by atoms with E-state index in [1.807, 2.05) is 0 Å². The van der Waals surface area contributed by atoms with Gasteiger partial charge in [0.2, 0.25) is 0 Å². The third kappa shape index (κ3) is 4.13. The molecule has 2 atom stereocenters. The van der Waals surface area contributed by atoms with Crippen LogP contribution in [0.1, 0.15) is 61.0 Å². The second-order valence-corrected chi connectivity index (χ2v) is 11.8. The molecule has 8 rings (SSSR count). The number of allylic oxidation sites excluding steroid dienone is 13. The van der Waals surface area contributed by atoms with E-state index in [-0.39, 0.29) is 0 Å². The number of hydrogen-bond donors (Lipinski definition) is 0. The van der Waals surface area contributed by atoms with Crippen LogP contribution >= 0.6 is 0 Å². The maximum atomic E-state index is 5.10. The predicted octanol–water partition coefficient (Wildman–Crippen LogP) is 10.1. The molecule has 3 aromatic carbocycles. The zero-order valence-electron chi connectivity index (χ0n) is 24.0. The van der Waals surface area contributed by atoms with Crippen molar-refractivity contribution in [2.24, 2.45) is 5.92 Å². The van der Waals surface area contributed by atoms with Crippen molar-refractivity contribution in [3.63, 3.8) is 0 Å². The number of rotatable bonds is 4. The van der Waals surface area contributed by atoms with Crippen molar-refractivity contribution in [3.8, 4) is 5.69 Å². The Labute approximate surface area is 248 Å². The molecule has 4 aliphatic carbocycles. The third-order valence-electron chi connectivity index (χ3n) is 9.24. The molecule has 2 heteroatoms. The molecule has 0 saturated heterocycles. The summed E-state index contributed by atoms with van der Waals surface area (Å²) in [7, 11) is 0. The van der Waals surface area contributed by atoms with Crippen molar-refractivity contribution in [3.05, 3.63) is 167 Å². The highest BCUT2D eigenvalue weighted by atomic mass is 15.1. The fourth-order valence-electron chi connectivity index (χ4n) is 7.32. The zero-order valence-corrected chi connectivity index (χ0v) is 24.0. The van der Waals surface area contributed by atoms with E-state index in [9.17, 15) is 0 Å². The Bertz CT molecular complexity index is 1930. The van der Waals surface area contributed by atoms with Crippen LogP contribution in [0.5, 0.6) is 0 Å². The van der Waals surface area contributed by atoms with Crippen molar-refractivity contribution in [1.82, 2.24) is 9.55 Å². The Morgan fingerprint density at radius 3 is 2.40 bits per heavy atom. The van der Waals surface area contributed by atoms with Crippen LogP contribution in [-0.2, 0) is 0 Å². The minimum absolute atomic E-state index is 0.339. The van der Waals surface area contributed by atoms with Gasteiger partial charge in [-0.3, -0.25) is 4.57 Å². The molecule has 42 heavy (non-hydrogen) atoms. The van der Waals surface area contributed by atoms with Gasteiger partial charge in [0, 0.05) is 17.5 Å². The maximum absolute atomic E-state index is 5.10. The standard InChI is InChI=1S/C40H34N2/c1-27-20-25-34-35(26-27)39(33-17-9-8-16-32(33)38(34)28-12-4-2-5-13-28)29-21-23-31(24-22-29)42-37-19-11-10-18-36(37)41-40(42)30-14-6-3-7-15-30/h2-4,6,8-12,14,16-26,34,38H,5,7,13,15H2,1H3/t34?,38-/m1/s1. The minimum atomic E-state index is 0.339. The maximum Gasteiger partial charge on any atom is 0.141 e. The Hall–Kier alpha value is -4.69. The van der Waals surface area contributed by atoms with Gasteiger partial charge in [0.05, 0.1) is 11.0 Å². The second kappa shape index (κ2) is 10.3. The van der Waals surface area contributed by atoms with E-state index >= 15 is 0 Å². The number of nitrogens with zero attached hydrogens (tertiary/aromatic N) is 2. The van der Waals surface area contributed by atoms with Crippen LogP contribution in [0, 0.1) is 5.92 Å². The molecule has 1 heterocycles. The van der Waals surface area contributed by atoms with Crippen molar-refractivity contribution >= 4 is 22.2 Å². The van der Waals surface area contributed by atoms with Crippen molar-refractivity contribution in [2.75, 3.05) is 0 Å². The molecule has 0 amide bonds. The summed E-state index contributed by atoms with van der Waals surface area (Å²) in [5.74, 6) is 1.76. The molecule has 2 nitrogen and oxygen atoms in total. The molecule has 0 bridgehead atoms. The third-order valence-corrected chi connectivity index (χ3v) is 9.24. The first kappa shape index (κ1) is 25.1. The average molecular weight is 543 g/mol. The molecule has 0 saturated carbocycles. The Kier molecular flexibility index (Phi) is 6.14. The van der Waals surface area contributed by atoms with Gasteiger partial charge in [-0.2, -0.15) is 0 Å². The lowest BCUT2D eigenvalue weighted by Gasteiger charge is -2.38. The summed E-state index contributed by atoms with van der Waals surface area (Å²) < 4.78 is 2.34. The number of aromatic nitrogens is 2. The SMILES string of the molecule is CC1=CC2=C(c3ccc(-n4c(C5=CC=CCC5)nc5ccccc54)cc3)c3ccccc3[C@@H](C3=CC=CCC3)C2C=C1. The fraction of sp³-hybridized carbons (Fsp3) is 0.175. The Morgan fingerprint density at radius 2 is 1.60 bits per heavy atom. The first-order chi connectivity index (χ1) is 20.8. The molecule has 4 aromatic rings. The molecule has 0 radical (unpaired) electrons. The molecule has 1 unspecified atom stereocenters. The van der Waals surface area contributed by atoms with Crippen LogP contribution in [0.4, 0.5) is 0 Å². The van der Waals surface area contributed by atoms with Gasteiger partial charge >= 0.3 is 0 Å². The highest BCUT2D eigenvalue weighted by Gasteiger charge is 2.36. The van der Waals surface area contributed by atoms with Crippen molar-refractivity contribution in [2.45, 2.75) is 38.5 Å². The topological polar surface area (TPSA) is 17.8 Å². The molecule has 1 aromatic heterocycles. The van der Waals surface area contributed by atoms with E-state index in [1.165, 1.54) is 39.0 Å². The summed E-state index contributed by atoms with van der Waals surface area (Å²) in [5, 5.41) is 0. The normalized spacial score (nSPS) is 21.1. The van der Waals surface area contributed by atoms with E-state index in [1.54, 1.807) is 5.57 Å². The van der Waals surface area contributed by atoms with Crippen LogP contribution in [0.15, 0.2) is 144 Å². The summed E-state index contributed by atoms with van der Waals surface area (Å²) in [6.07, 6.45) is 25.1. The lowest BCUT2D eigenvalue weighted by molar-refractivity contribution is 0.610. The van der Waals surface area contributed by atoms with Crippen molar-refractivity contribution in [1.29, 1.82) is 0 Å². The van der Waals surface area contributed by atoms with Crippen LogP contribution in [-0.4, -0.2) is 9.55 Å². The van der Waals surface area contributed by atoms with E-state index in [2.05, 4.69) is 139 Å². The van der Waals surface area contributed by atoms with Gasteiger partial charge in [0.15, 0.2) is 0 Å². The smallest absolute Gasteiger partial charge is 0.141 e. The summed E-state index contributed by atoms with van der Waals surface area (Å²) in [6.45, 7) is 2.22. The van der Waals surface area contributed by atoms with Gasteiger partial charge in [-0.15, -0.1) is 0 Å². The van der Waals surface area contributed by atoms with E-state index in [0.29, 0.717) is 11.8 Å². The van der Waals surface area contributed by atoms with Gasteiger partial charge in [-0.25, -0.2) is 4.98 Å². The van der Waals surface area contributed by atoms with Gasteiger partial charge in [-0.1, -0.05) is 114 Å². The largest absolute Gasteiger partial charge is 0.293 e. The van der Waals surface area contributed by atoms with E-state index < -0.39 is 0 Å². The van der Waals surface area contributed by atoms with Crippen LogP contribution in [0.2, 0.25) is 0 Å².